The summed E-state index contributed by atoms with van der Waals surface area (Å²) in [6.07, 6.45) is 11.5. The highest BCUT2D eigenvalue weighted by Crippen LogP contribution is 2.60. The Balaban J connectivity index is 1.58. The van der Waals surface area contributed by atoms with Gasteiger partial charge < -0.3 is 0 Å². The molecular formula is C19H26N2O. The minimum atomic E-state index is -0.0186. The molecule has 0 radical (unpaired) electrons. The van der Waals surface area contributed by atoms with Crippen LogP contribution < -0.4 is 0 Å². The zero-order valence-corrected chi connectivity index (χ0v) is 13.9. The van der Waals surface area contributed by atoms with E-state index in [1.54, 1.807) is 0 Å². The average Bonchev–Trinajstić information content (AvgIpc) is 2.68. The van der Waals surface area contributed by atoms with Gasteiger partial charge >= 0.3 is 0 Å². The molecule has 0 N–H and O–H groups in total. The number of carbonyl (C=O) groups is 1. The van der Waals surface area contributed by atoms with E-state index in [0.717, 1.165) is 54.0 Å². The summed E-state index contributed by atoms with van der Waals surface area (Å²) >= 11 is 0. The third-order valence-corrected chi connectivity index (χ3v) is 6.53. The van der Waals surface area contributed by atoms with Crippen molar-refractivity contribution < 1.29 is 4.79 Å². The Kier molecular flexibility index (Phi) is 3.11. The monoisotopic (exact) mass is 298 g/mol. The quantitative estimate of drug-likeness (QED) is 0.795. The summed E-state index contributed by atoms with van der Waals surface area (Å²) in [6, 6.07) is 0. The molecule has 0 saturated heterocycles. The molecule has 1 aromatic rings. The Labute approximate surface area is 132 Å². The second-order valence-corrected chi connectivity index (χ2v) is 8.10. The second-order valence-electron chi connectivity index (χ2n) is 8.10. The molecule has 1 aromatic heterocycles. The SMILES string of the molecule is Cc1nn(C)c(C)c1/C=C/C(=O)C12CC3CC(CC(C3)C1)C2. The van der Waals surface area contributed by atoms with Crippen molar-refractivity contribution in [2.24, 2.45) is 30.2 Å². The lowest BCUT2D eigenvalue weighted by Crippen LogP contribution is -2.49. The van der Waals surface area contributed by atoms with Crippen molar-refractivity contribution in [2.45, 2.75) is 52.4 Å². The third kappa shape index (κ3) is 2.09. The number of allylic oxidation sites excluding steroid dienone is 1. The molecule has 4 bridgehead atoms. The van der Waals surface area contributed by atoms with Gasteiger partial charge in [0, 0.05) is 23.7 Å². The molecule has 0 aromatic carbocycles. The molecule has 22 heavy (non-hydrogen) atoms. The minimum Gasteiger partial charge on any atom is -0.294 e. The first-order valence-corrected chi connectivity index (χ1v) is 8.69. The molecule has 4 aliphatic rings. The molecule has 4 saturated carbocycles. The van der Waals surface area contributed by atoms with Gasteiger partial charge in [-0.3, -0.25) is 9.48 Å². The summed E-state index contributed by atoms with van der Waals surface area (Å²) in [6.45, 7) is 4.08. The first-order valence-electron chi connectivity index (χ1n) is 8.69. The van der Waals surface area contributed by atoms with E-state index in [0.29, 0.717) is 5.78 Å². The predicted molar refractivity (Wildman–Crippen MR) is 87.3 cm³/mol. The topological polar surface area (TPSA) is 34.9 Å². The van der Waals surface area contributed by atoms with Crippen LogP contribution in [0, 0.1) is 37.0 Å². The number of hydrogen-bond acceptors (Lipinski definition) is 2. The zero-order valence-electron chi connectivity index (χ0n) is 13.9. The number of ketones is 1. The molecule has 4 fully saturated rings. The van der Waals surface area contributed by atoms with Gasteiger partial charge in [0.1, 0.15) is 0 Å². The van der Waals surface area contributed by atoms with Crippen molar-refractivity contribution in [3.05, 3.63) is 23.0 Å². The summed E-state index contributed by atoms with van der Waals surface area (Å²) in [5, 5.41) is 4.44. The van der Waals surface area contributed by atoms with Gasteiger partial charge in [-0.05, 0) is 82.3 Å². The summed E-state index contributed by atoms with van der Waals surface area (Å²) in [7, 11) is 1.96. The fraction of sp³-hybridized carbons (Fsp3) is 0.684. The highest BCUT2D eigenvalue weighted by Gasteiger charge is 2.53. The Bertz CT molecular complexity index is 617. The van der Waals surface area contributed by atoms with Crippen LogP contribution in [0.1, 0.15) is 55.5 Å². The van der Waals surface area contributed by atoms with Gasteiger partial charge in [-0.1, -0.05) is 0 Å². The first kappa shape index (κ1) is 14.2. The maximum Gasteiger partial charge on any atom is 0.161 e. The van der Waals surface area contributed by atoms with Crippen LogP contribution in [0.15, 0.2) is 6.08 Å². The van der Waals surface area contributed by atoms with E-state index in [1.807, 2.05) is 30.8 Å². The Hall–Kier alpha value is -1.38. The van der Waals surface area contributed by atoms with Crippen LogP contribution in [0.5, 0.6) is 0 Å². The molecule has 0 aliphatic heterocycles. The van der Waals surface area contributed by atoms with Gasteiger partial charge in [-0.15, -0.1) is 0 Å². The Morgan fingerprint density at radius 2 is 1.68 bits per heavy atom. The van der Waals surface area contributed by atoms with Gasteiger partial charge in [0.15, 0.2) is 5.78 Å². The lowest BCUT2D eigenvalue weighted by Gasteiger charge is -2.55. The van der Waals surface area contributed by atoms with Crippen LogP contribution in [-0.4, -0.2) is 15.6 Å². The highest BCUT2D eigenvalue weighted by atomic mass is 16.1. The first-order chi connectivity index (χ1) is 10.5. The molecule has 5 rings (SSSR count). The lowest BCUT2D eigenvalue weighted by atomic mass is 9.48. The van der Waals surface area contributed by atoms with Crippen molar-refractivity contribution in [3.63, 3.8) is 0 Å². The number of nitrogens with zero attached hydrogens (tertiary/aromatic N) is 2. The zero-order chi connectivity index (χ0) is 15.5. The van der Waals surface area contributed by atoms with Crippen LogP contribution in [0.2, 0.25) is 0 Å². The molecule has 118 valence electrons. The van der Waals surface area contributed by atoms with E-state index in [2.05, 4.69) is 12.0 Å². The van der Waals surface area contributed by atoms with E-state index < -0.39 is 0 Å². The van der Waals surface area contributed by atoms with E-state index in [9.17, 15) is 4.79 Å². The highest BCUT2D eigenvalue weighted by molar-refractivity contribution is 5.98. The van der Waals surface area contributed by atoms with Crippen LogP contribution in [0.3, 0.4) is 0 Å². The van der Waals surface area contributed by atoms with Crippen LogP contribution in [0.25, 0.3) is 6.08 Å². The number of rotatable bonds is 3. The van der Waals surface area contributed by atoms with Gasteiger partial charge in [0.25, 0.3) is 0 Å². The van der Waals surface area contributed by atoms with E-state index in [1.165, 1.54) is 19.3 Å². The maximum atomic E-state index is 13.0. The lowest BCUT2D eigenvalue weighted by molar-refractivity contribution is -0.138. The summed E-state index contributed by atoms with van der Waals surface area (Å²) < 4.78 is 1.89. The van der Waals surface area contributed by atoms with Crippen LogP contribution in [-0.2, 0) is 11.8 Å². The van der Waals surface area contributed by atoms with Crippen LogP contribution >= 0.6 is 0 Å². The smallest absolute Gasteiger partial charge is 0.161 e. The molecule has 1 heterocycles. The molecule has 0 amide bonds. The second kappa shape index (κ2) is 4.81. The fourth-order valence-corrected chi connectivity index (χ4v) is 5.78. The molecule has 0 spiro atoms. The number of aryl methyl sites for hydroxylation is 2. The predicted octanol–water partition coefficient (Wildman–Crippen LogP) is 3.84. The van der Waals surface area contributed by atoms with Crippen molar-refractivity contribution >= 4 is 11.9 Å². The number of hydrogen-bond donors (Lipinski definition) is 0. The van der Waals surface area contributed by atoms with Crippen molar-refractivity contribution in [1.29, 1.82) is 0 Å². The van der Waals surface area contributed by atoms with Gasteiger partial charge in [-0.25, -0.2) is 0 Å². The summed E-state index contributed by atoms with van der Waals surface area (Å²) in [5.74, 6) is 2.86. The van der Waals surface area contributed by atoms with Gasteiger partial charge in [0.05, 0.1) is 5.69 Å². The molecular weight excluding hydrogens is 272 g/mol. The van der Waals surface area contributed by atoms with Crippen molar-refractivity contribution in [3.8, 4) is 0 Å². The summed E-state index contributed by atoms with van der Waals surface area (Å²) in [4.78, 5) is 13.0. The molecule has 3 heteroatoms. The Morgan fingerprint density at radius 3 is 2.14 bits per heavy atom. The standard InChI is InChI=1S/C19H26N2O/c1-12-17(13(2)21(3)20-12)4-5-18(22)19-9-14-6-15(10-19)8-16(7-14)11-19/h4-5,14-16H,6-11H2,1-3H3/b5-4+. The summed E-state index contributed by atoms with van der Waals surface area (Å²) in [5.41, 5.74) is 3.23. The third-order valence-electron chi connectivity index (χ3n) is 6.53. The maximum absolute atomic E-state index is 13.0. The van der Waals surface area contributed by atoms with Gasteiger partial charge in [-0.2, -0.15) is 5.10 Å². The Morgan fingerprint density at radius 1 is 1.14 bits per heavy atom. The van der Waals surface area contributed by atoms with Gasteiger partial charge in [0.2, 0.25) is 0 Å². The molecule has 0 atom stereocenters. The average molecular weight is 298 g/mol. The van der Waals surface area contributed by atoms with E-state index in [4.69, 9.17) is 0 Å². The molecule has 3 nitrogen and oxygen atoms in total. The normalized spacial score (nSPS) is 36.4. The van der Waals surface area contributed by atoms with E-state index >= 15 is 0 Å². The fourth-order valence-electron chi connectivity index (χ4n) is 5.78. The molecule has 0 unspecified atom stereocenters. The number of carbonyl (C=O) groups excluding carboxylic acids is 1. The number of aromatic nitrogens is 2. The van der Waals surface area contributed by atoms with E-state index in [-0.39, 0.29) is 5.41 Å². The molecule has 4 aliphatic carbocycles. The minimum absolute atomic E-state index is 0.0186. The van der Waals surface area contributed by atoms with Crippen LogP contribution in [0.4, 0.5) is 0 Å². The largest absolute Gasteiger partial charge is 0.294 e. The van der Waals surface area contributed by atoms with Crippen molar-refractivity contribution in [2.75, 3.05) is 0 Å². The van der Waals surface area contributed by atoms with Crippen molar-refractivity contribution in [1.82, 2.24) is 9.78 Å².